The fourth-order valence-electron chi connectivity index (χ4n) is 2.75. The number of rotatable bonds is 2. The average molecular weight is 391 g/mol. The van der Waals surface area contributed by atoms with Gasteiger partial charge in [0.15, 0.2) is 4.67 Å². The predicted molar refractivity (Wildman–Crippen MR) is 79.4 cm³/mol. The van der Waals surface area contributed by atoms with Gasteiger partial charge in [-0.05, 0) is 50.8 Å². The predicted octanol–water partition coefficient (Wildman–Crippen LogP) is 5.09. The first-order chi connectivity index (χ1) is 9.09. The summed E-state index contributed by atoms with van der Waals surface area (Å²) < 4.78 is 6.82. The van der Waals surface area contributed by atoms with Gasteiger partial charge < -0.3 is 9.52 Å². The fourth-order valence-corrected chi connectivity index (χ4v) is 3.36. The number of hydrogen-bond acceptors (Lipinski definition) is 3. The van der Waals surface area contributed by atoms with Crippen molar-refractivity contribution in [1.29, 1.82) is 5.26 Å². The molecule has 5 heteroatoms. The van der Waals surface area contributed by atoms with Crippen LogP contribution in [0.4, 0.5) is 0 Å². The zero-order chi connectivity index (χ0) is 13.9. The molecule has 1 unspecified atom stereocenters. The van der Waals surface area contributed by atoms with Crippen LogP contribution in [-0.4, -0.2) is 5.11 Å². The van der Waals surface area contributed by atoms with Gasteiger partial charge in [-0.25, -0.2) is 0 Å². The van der Waals surface area contributed by atoms with Crippen LogP contribution in [0.5, 0.6) is 0 Å². The Morgan fingerprint density at radius 3 is 2.26 bits per heavy atom. The zero-order valence-corrected chi connectivity index (χ0v) is 13.8. The summed E-state index contributed by atoms with van der Waals surface area (Å²) >= 11 is 6.61. The van der Waals surface area contributed by atoms with Crippen molar-refractivity contribution in [1.82, 2.24) is 0 Å². The smallest absolute Gasteiger partial charge is 0.183 e. The third kappa shape index (κ3) is 3.24. The molecule has 1 N–H and O–H groups in total. The third-order valence-corrected chi connectivity index (χ3v) is 5.64. The van der Waals surface area contributed by atoms with E-state index in [1.54, 1.807) is 6.07 Å². The van der Waals surface area contributed by atoms with Gasteiger partial charge in [-0.15, -0.1) is 0 Å². The Morgan fingerprint density at radius 2 is 1.79 bits per heavy atom. The van der Waals surface area contributed by atoms with Crippen molar-refractivity contribution in [3.05, 3.63) is 21.0 Å². The highest BCUT2D eigenvalue weighted by Crippen LogP contribution is 2.45. The van der Waals surface area contributed by atoms with Crippen molar-refractivity contribution >= 4 is 31.9 Å². The quantitative estimate of drug-likeness (QED) is 0.764. The van der Waals surface area contributed by atoms with Gasteiger partial charge in [0, 0.05) is 0 Å². The highest BCUT2D eigenvalue weighted by atomic mass is 79.9. The monoisotopic (exact) mass is 389 g/mol. The molecule has 2 rings (SSSR count). The van der Waals surface area contributed by atoms with Crippen molar-refractivity contribution in [3.63, 3.8) is 0 Å². The molecule has 1 aliphatic carbocycles. The Kier molecular flexibility index (Phi) is 5.10. The van der Waals surface area contributed by atoms with E-state index in [2.05, 4.69) is 37.9 Å². The molecule has 1 aliphatic rings. The summed E-state index contributed by atoms with van der Waals surface area (Å²) in [5.74, 6) is 0.459. The second kappa shape index (κ2) is 6.43. The molecule has 0 saturated heterocycles. The molecule has 0 aromatic carbocycles. The molecule has 1 heterocycles. The van der Waals surface area contributed by atoms with Crippen LogP contribution >= 0.6 is 31.9 Å². The first kappa shape index (κ1) is 15.1. The lowest BCUT2D eigenvalue weighted by atomic mass is 9.72. The van der Waals surface area contributed by atoms with E-state index >= 15 is 0 Å². The summed E-state index contributed by atoms with van der Waals surface area (Å²) in [7, 11) is 0. The van der Waals surface area contributed by atoms with E-state index in [9.17, 15) is 10.4 Å². The number of nitrogens with zero attached hydrogens (tertiary/aromatic N) is 1. The van der Waals surface area contributed by atoms with Crippen LogP contribution < -0.4 is 0 Å². The first-order valence-electron chi connectivity index (χ1n) is 6.63. The molecule has 0 aliphatic heterocycles. The largest absolute Gasteiger partial charge is 0.450 e. The van der Waals surface area contributed by atoms with Gasteiger partial charge in [0.05, 0.1) is 16.0 Å². The molecule has 0 radical (unpaired) electrons. The van der Waals surface area contributed by atoms with Crippen LogP contribution in [0.15, 0.2) is 19.6 Å². The van der Waals surface area contributed by atoms with Crippen LogP contribution in [0.1, 0.15) is 56.8 Å². The Bertz CT molecular complexity index is 451. The topological polar surface area (TPSA) is 57.2 Å². The standard InChI is InChI=1S/C14H17Br2NO2/c15-10-8-11(19-13(10)16)12(18)14(9-17)6-4-2-1-3-5-7-14/h8,12,18H,1-7H2. The molecule has 1 aromatic heterocycles. The number of aliphatic hydroxyl groups excluding tert-OH is 1. The third-order valence-electron chi connectivity index (χ3n) is 3.93. The normalized spacial score (nSPS) is 21.2. The molecule has 3 nitrogen and oxygen atoms in total. The van der Waals surface area contributed by atoms with E-state index in [1.165, 1.54) is 6.42 Å². The molecule has 1 saturated carbocycles. The Balaban J connectivity index is 2.26. The minimum absolute atomic E-state index is 0.459. The second-order valence-corrected chi connectivity index (χ2v) is 6.78. The van der Waals surface area contributed by atoms with Crippen molar-refractivity contribution in [2.45, 2.75) is 51.0 Å². The lowest BCUT2D eigenvalue weighted by molar-refractivity contribution is 0.0259. The zero-order valence-electron chi connectivity index (χ0n) is 10.7. The summed E-state index contributed by atoms with van der Waals surface area (Å²) in [6.07, 6.45) is 6.11. The second-order valence-electron chi connectivity index (χ2n) is 5.21. The lowest BCUT2D eigenvalue weighted by Crippen LogP contribution is -2.28. The van der Waals surface area contributed by atoms with Crippen LogP contribution in [-0.2, 0) is 0 Å². The Labute approximate surface area is 130 Å². The van der Waals surface area contributed by atoms with Crippen molar-refractivity contribution in [2.24, 2.45) is 5.41 Å². The molecule has 0 amide bonds. The number of nitriles is 1. The molecule has 1 aromatic rings. The van der Waals surface area contributed by atoms with Crippen molar-refractivity contribution < 1.29 is 9.52 Å². The average Bonchev–Trinajstić information content (AvgIpc) is 2.70. The summed E-state index contributed by atoms with van der Waals surface area (Å²) in [5, 5.41) is 20.2. The molecule has 0 bridgehead atoms. The van der Waals surface area contributed by atoms with Crippen molar-refractivity contribution in [2.75, 3.05) is 0 Å². The molecular weight excluding hydrogens is 374 g/mol. The number of hydrogen-bond donors (Lipinski definition) is 1. The van der Waals surface area contributed by atoms with Gasteiger partial charge in [-0.1, -0.05) is 32.1 Å². The molecule has 1 atom stereocenters. The number of furan rings is 1. The minimum Gasteiger partial charge on any atom is -0.450 e. The van der Waals surface area contributed by atoms with Gasteiger partial charge in [-0.2, -0.15) is 5.26 Å². The Morgan fingerprint density at radius 1 is 1.21 bits per heavy atom. The highest BCUT2D eigenvalue weighted by molar-refractivity contribution is 9.13. The van der Waals surface area contributed by atoms with Gasteiger partial charge in [0.1, 0.15) is 11.9 Å². The SMILES string of the molecule is N#CC1(C(O)c2cc(Br)c(Br)o2)CCCCCCC1. The fraction of sp³-hybridized carbons (Fsp3) is 0.643. The Hall–Kier alpha value is -0.310. The highest BCUT2D eigenvalue weighted by Gasteiger charge is 2.40. The maximum atomic E-state index is 10.6. The summed E-state index contributed by atoms with van der Waals surface area (Å²) in [6, 6.07) is 4.11. The maximum Gasteiger partial charge on any atom is 0.183 e. The van der Waals surface area contributed by atoms with E-state index in [-0.39, 0.29) is 0 Å². The van der Waals surface area contributed by atoms with Crippen LogP contribution in [0.3, 0.4) is 0 Å². The van der Waals surface area contributed by atoms with Gasteiger partial charge in [0.25, 0.3) is 0 Å². The maximum absolute atomic E-state index is 10.6. The lowest BCUT2D eigenvalue weighted by Gasteiger charge is -2.32. The number of aliphatic hydroxyl groups is 1. The summed E-state index contributed by atoms with van der Waals surface area (Å²) in [5.41, 5.74) is -0.711. The first-order valence-corrected chi connectivity index (χ1v) is 8.22. The van der Waals surface area contributed by atoms with E-state index < -0.39 is 11.5 Å². The van der Waals surface area contributed by atoms with Crippen LogP contribution in [0.2, 0.25) is 0 Å². The van der Waals surface area contributed by atoms with E-state index in [1.807, 2.05) is 0 Å². The number of halogens is 2. The van der Waals surface area contributed by atoms with Gasteiger partial charge >= 0.3 is 0 Å². The summed E-state index contributed by atoms with van der Waals surface area (Å²) in [6.45, 7) is 0. The molecule has 0 spiro atoms. The summed E-state index contributed by atoms with van der Waals surface area (Å²) in [4.78, 5) is 0. The van der Waals surface area contributed by atoms with Crippen LogP contribution in [0, 0.1) is 16.7 Å². The van der Waals surface area contributed by atoms with E-state index in [0.717, 1.165) is 43.0 Å². The van der Waals surface area contributed by atoms with E-state index in [0.29, 0.717) is 10.4 Å². The molecule has 1 fully saturated rings. The molecule has 19 heavy (non-hydrogen) atoms. The minimum atomic E-state index is -0.863. The molecular formula is C14H17Br2NO2. The van der Waals surface area contributed by atoms with Crippen molar-refractivity contribution in [3.8, 4) is 6.07 Å². The van der Waals surface area contributed by atoms with Gasteiger partial charge in [0.2, 0.25) is 0 Å². The van der Waals surface area contributed by atoms with E-state index in [4.69, 9.17) is 4.42 Å². The molecule has 104 valence electrons. The van der Waals surface area contributed by atoms with Gasteiger partial charge in [-0.3, -0.25) is 0 Å². The van der Waals surface area contributed by atoms with Crippen LogP contribution in [0.25, 0.3) is 0 Å².